The van der Waals surface area contributed by atoms with Crippen LogP contribution in [0, 0.1) is 6.92 Å². The lowest BCUT2D eigenvalue weighted by atomic mass is 10.1. The molecule has 0 bridgehead atoms. The number of nitrogen functional groups attached to an aromatic ring is 1. The highest BCUT2D eigenvalue weighted by molar-refractivity contribution is 7.21. The molecule has 1 aromatic carbocycles. The van der Waals surface area contributed by atoms with Gasteiger partial charge in [0.15, 0.2) is 0 Å². The Kier molecular flexibility index (Phi) is 3.44. The average Bonchev–Trinajstić information content (AvgIpc) is 2.65. The van der Waals surface area contributed by atoms with Crippen LogP contribution in [-0.4, -0.2) is 30.3 Å². The topological polar surface area (TPSA) is 89.4 Å². The van der Waals surface area contributed by atoms with Gasteiger partial charge in [-0.05, 0) is 19.1 Å². The number of nitrogens with two attached hydrogens (primary N) is 2. The zero-order valence-electron chi connectivity index (χ0n) is 10.8. The summed E-state index contributed by atoms with van der Waals surface area (Å²) in [5, 5.41) is 0.876. The highest BCUT2D eigenvalue weighted by Gasteiger charge is 2.20. The SMILES string of the molecule is Cc1ccc2sc(C(=O)N(C)CC(N)=O)c(N)c2c1. The van der Waals surface area contributed by atoms with E-state index in [0.29, 0.717) is 10.6 Å². The van der Waals surface area contributed by atoms with Crippen LogP contribution in [0.5, 0.6) is 0 Å². The second kappa shape index (κ2) is 4.89. The van der Waals surface area contributed by atoms with E-state index in [-0.39, 0.29) is 12.5 Å². The van der Waals surface area contributed by atoms with Gasteiger partial charge in [-0.2, -0.15) is 0 Å². The van der Waals surface area contributed by atoms with E-state index in [2.05, 4.69) is 0 Å². The van der Waals surface area contributed by atoms with Crippen LogP contribution >= 0.6 is 11.3 Å². The van der Waals surface area contributed by atoms with Gasteiger partial charge in [0.1, 0.15) is 4.88 Å². The van der Waals surface area contributed by atoms with Crippen molar-refractivity contribution < 1.29 is 9.59 Å². The number of hydrogen-bond acceptors (Lipinski definition) is 4. The van der Waals surface area contributed by atoms with Crippen molar-refractivity contribution in [3.8, 4) is 0 Å². The number of benzene rings is 1. The molecule has 100 valence electrons. The van der Waals surface area contributed by atoms with Crippen molar-refractivity contribution in [1.29, 1.82) is 0 Å². The quantitative estimate of drug-likeness (QED) is 0.887. The molecule has 5 nitrogen and oxygen atoms in total. The Bertz CT molecular complexity index is 663. The van der Waals surface area contributed by atoms with Crippen molar-refractivity contribution in [2.75, 3.05) is 19.3 Å². The molecule has 0 aliphatic heterocycles. The molecule has 0 saturated heterocycles. The number of fused-ring (bicyclic) bond motifs is 1. The van der Waals surface area contributed by atoms with Gasteiger partial charge in [-0.3, -0.25) is 9.59 Å². The third kappa shape index (κ3) is 2.53. The van der Waals surface area contributed by atoms with Crippen molar-refractivity contribution in [3.63, 3.8) is 0 Å². The summed E-state index contributed by atoms with van der Waals surface area (Å²) in [7, 11) is 1.53. The Morgan fingerprint density at radius 2 is 2.05 bits per heavy atom. The minimum atomic E-state index is -0.550. The first kappa shape index (κ1) is 13.4. The van der Waals surface area contributed by atoms with Crippen LogP contribution in [-0.2, 0) is 4.79 Å². The highest BCUT2D eigenvalue weighted by Crippen LogP contribution is 2.34. The van der Waals surface area contributed by atoms with Gasteiger partial charge in [0.05, 0.1) is 12.2 Å². The Morgan fingerprint density at radius 1 is 1.37 bits per heavy atom. The summed E-state index contributed by atoms with van der Waals surface area (Å²) in [4.78, 5) is 24.8. The fraction of sp³-hybridized carbons (Fsp3) is 0.231. The Labute approximate surface area is 114 Å². The van der Waals surface area contributed by atoms with Crippen LogP contribution in [0.4, 0.5) is 5.69 Å². The Balaban J connectivity index is 2.42. The lowest BCUT2D eigenvalue weighted by Crippen LogP contribution is -2.35. The third-order valence-electron chi connectivity index (χ3n) is 2.82. The fourth-order valence-electron chi connectivity index (χ4n) is 1.87. The van der Waals surface area contributed by atoms with Crippen LogP contribution in [0.15, 0.2) is 18.2 Å². The van der Waals surface area contributed by atoms with Crippen molar-refractivity contribution in [1.82, 2.24) is 4.90 Å². The summed E-state index contributed by atoms with van der Waals surface area (Å²) >= 11 is 1.33. The van der Waals surface area contributed by atoms with Crippen molar-refractivity contribution in [2.24, 2.45) is 5.73 Å². The molecule has 0 atom stereocenters. The molecule has 0 fully saturated rings. The summed E-state index contributed by atoms with van der Waals surface area (Å²) < 4.78 is 0.957. The minimum absolute atomic E-state index is 0.119. The molecule has 6 heteroatoms. The minimum Gasteiger partial charge on any atom is -0.397 e. The molecule has 0 unspecified atom stereocenters. The molecule has 2 aromatic rings. The largest absolute Gasteiger partial charge is 0.397 e. The molecule has 2 rings (SSSR count). The predicted octanol–water partition coefficient (Wildman–Crippen LogP) is 1.35. The van der Waals surface area contributed by atoms with E-state index in [1.807, 2.05) is 25.1 Å². The van der Waals surface area contributed by atoms with Gasteiger partial charge in [0.25, 0.3) is 5.91 Å². The molecule has 19 heavy (non-hydrogen) atoms. The third-order valence-corrected chi connectivity index (χ3v) is 3.99. The molecule has 0 radical (unpaired) electrons. The zero-order valence-corrected chi connectivity index (χ0v) is 11.6. The van der Waals surface area contributed by atoms with E-state index in [1.54, 1.807) is 0 Å². The maximum Gasteiger partial charge on any atom is 0.266 e. The summed E-state index contributed by atoms with van der Waals surface area (Å²) in [6.45, 7) is 1.85. The monoisotopic (exact) mass is 277 g/mol. The van der Waals surface area contributed by atoms with Crippen molar-refractivity contribution in [2.45, 2.75) is 6.92 Å². The van der Waals surface area contributed by atoms with Crippen LogP contribution < -0.4 is 11.5 Å². The lowest BCUT2D eigenvalue weighted by molar-refractivity contribution is -0.118. The number of likely N-dealkylation sites (N-methyl/N-ethyl adjacent to an activating group) is 1. The summed E-state index contributed by atoms with van der Waals surface area (Å²) in [5.41, 5.74) is 12.7. The van der Waals surface area contributed by atoms with E-state index >= 15 is 0 Å². The highest BCUT2D eigenvalue weighted by atomic mass is 32.1. The number of nitrogens with zero attached hydrogens (tertiary/aromatic N) is 1. The van der Waals surface area contributed by atoms with Gasteiger partial charge in [-0.15, -0.1) is 11.3 Å². The Morgan fingerprint density at radius 3 is 2.68 bits per heavy atom. The van der Waals surface area contributed by atoms with Gasteiger partial charge < -0.3 is 16.4 Å². The molecule has 0 aliphatic rings. The molecule has 2 amide bonds. The second-order valence-electron chi connectivity index (χ2n) is 4.47. The van der Waals surface area contributed by atoms with Crippen molar-refractivity contribution in [3.05, 3.63) is 28.6 Å². The normalized spacial score (nSPS) is 10.6. The molecule has 1 aromatic heterocycles. The first-order valence-electron chi connectivity index (χ1n) is 5.72. The van der Waals surface area contributed by atoms with Gasteiger partial charge in [0, 0.05) is 17.1 Å². The zero-order chi connectivity index (χ0) is 14.2. The number of anilines is 1. The van der Waals surface area contributed by atoms with Gasteiger partial charge >= 0.3 is 0 Å². The lowest BCUT2D eigenvalue weighted by Gasteiger charge is -2.14. The number of carbonyl (C=O) groups is 2. The van der Waals surface area contributed by atoms with Crippen molar-refractivity contribution >= 4 is 38.9 Å². The maximum atomic E-state index is 12.2. The average molecular weight is 277 g/mol. The maximum absolute atomic E-state index is 12.2. The number of aryl methyl sites for hydroxylation is 1. The van der Waals surface area contributed by atoms with Crippen LogP contribution in [0.25, 0.3) is 10.1 Å². The summed E-state index contributed by atoms with van der Waals surface area (Å²) in [6, 6.07) is 5.86. The first-order chi connectivity index (χ1) is 8.90. The molecule has 0 saturated carbocycles. The van der Waals surface area contributed by atoms with E-state index < -0.39 is 5.91 Å². The molecular formula is C13H15N3O2S. The Hall–Kier alpha value is -2.08. The molecule has 0 aliphatic carbocycles. The smallest absolute Gasteiger partial charge is 0.266 e. The van der Waals surface area contributed by atoms with E-state index in [0.717, 1.165) is 15.6 Å². The first-order valence-corrected chi connectivity index (χ1v) is 6.54. The second-order valence-corrected chi connectivity index (χ2v) is 5.52. The molecule has 0 spiro atoms. The number of primary amides is 1. The number of hydrogen-bond donors (Lipinski definition) is 2. The van der Waals surface area contributed by atoms with E-state index in [4.69, 9.17) is 11.5 Å². The number of rotatable bonds is 3. The molecule has 4 N–H and O–H groups in total. The molecular weight excluding hydrogens is 262 g/mol. The summed E-state index contributed by atoms with van der Waals surface area (Å²) in [6.07, 6.45) is 0. The summed E-state index contributed by atoms with van der Waals surface area (Å²) in [5.74, 6) is -0.832. The number of amides is 2. The van der Waals surface area contributed by atoms with Crippen LogP contribution in [0.2, 0.25) is 0 Å². The van der Waals surface area contributed by atoms with Crippen LogP contribution in [0.1, 0.15) is 15.2 Å². The molecule has 1 heterocycles. The number of thiophene rings is 1. The van der Waals surface area contributed by atoms with E-state index in [1.165, 1.54) is 23.3 Å². The number of carbonyl (C=O) groups excluding carboxylic acids is 2. The van der Waals surface area contributed by atoms with Gasteiger partial charge in [0.2, 0.25) is 5.91 Å². The van der Waals surface area contributed by atoms with Crippen LogP contribution in [0.3, 0.4) is 0 Å². The fourth-order valence-corrected chi connectivity index (χ4v) is 2.97. The van der Waals surface area contributed by atoms with Gasteiger partial charge in [-0.1, -0.05) is 11.6 Å². The predicted molar refractivity (Wildman–Crippen MR) is 77.1 cm³/mol. The van der Waals surface area contributed by atoms with E-state index in [9.17, 15) is 9.59 Å². The van der Waals surface area contributed by atoms with Gasteiger partial charge in [-0.25, -0.2) is 0 Å². The standard InChI is InChI=1S/C13H15N3O2S/c1-7-3-4-9-8(5-7)11(15)12(19-9)13(18)16(2)6-10(14)17/h3-5H,6,15H2,1-2H3,(H2,14,17).